The van der Waals surface area contributed by atoms with E-state index in [9.17, 15) is 0 Å². The number of H-pyrrole nitrogens is 1. The quantitative estimate of drug-likeness (QED) is 0.595. The molecule has 0 amide bonds. The molecule has 24 heavy (non-hydrogen) atoms. The number of aliphatic hydroxyl groups excluding tert-OH is 1. The molecule has 1 aromatic heterocycles. The second-order valence-corrected chi connectivity index (χ2v) is 5.52. The van der Waals surface area contributed by atoms with Gasteiger partial charge in [0.1, 0.15) is 6.61 Å². The van der Waals surface area contributed by atoms with E-state index in [2.05, 4.69) is 34.6 Å². The molecule has 126 valence electrons. The molecule has 0 unspecified atom stereocenters. The molecule has 0 spiro atoms. The minimum atomic E-state index is -0.0167. The number of benzene rings is 2. The number of fused-ring (bicyclic) bond motifs is 1. The van der Waals surface area contributed by atoms with Gasteiger partial charge in [-0.1, -0.05) is 18.2 Å². The number of aromatic amines is 1. The third kappa shape index (κ3) is 3.69. The average Bonchev–Trinajstić information content (AvgIpc) is 3.10. The molecule has 0 saturated carbocycles. The van der Waals surface area contributed by atoms with E-state index in [4.69, 9.17) is 14.6 Å². The monoisotopic (exact) mass is 326 g/mol. The Balaban J connectivity index is 1.63. The van der Waals surface area contributed by atoms with Crippen LogP contribution in [0.5, 0.6) is 11.5 Å². The summed E-state index contributed by atoms with van der Waals surface area (Å²) in [6.45, 7) is 1.77. The predicted octanol–water partition coefficient (Wildman–Crippen LogP) is 2.84. The average molecular weight is 326 g/mol. The van der Waals surface area contributed by atoms with Crippen LogP contribution < -0.4 is 14.8 Å². The Morgan fingerprint density at radius 1 is 1.08 bits per heavy atom. The van der Waals surface area contributed by atoms with Crippen molar-refractivity contribution in [1.29, 1.82) is 0 Å². The summed E-state index contributed by atoms with van der Waals surface area (Å²) >= 11 is 0. The molecule has 2 aromatic carbocycles. The number of hydrogen-bond acceptors (Lipinski definition) is 4. The Morgan fingerprint density at radius 3 is 2.83 bits per heavy atom. The van der Waals surface area contributed by atoms with Crippen molar-refractivity contribution in [2.75, 3.05) is 20.3 Å². The fourth-order valence-corrected chi connectivity index (χ4v) is 2.74. The van der Waals surface area contributed by atoms with Crippen molar-refractivity contribution in [3.8, 4) is 11.5 Å². The van der Waals surface area contributed by atoms with Crippen LogP contribution in [-0.4, -0.2) is 30.4 Å². The Bertz CT molecular complexity index is 798. The molecule has 1 heterocycles. The molecule has 0 aliphatic heterocycles. The van der Waals surface area contributed by atoms with Crippen molar-refractivity contribution in [3.63, 3.8) is 0 Å². The molecule has 5 heteroatoms. The van der Waals surface area contributed by atoms with Gasteiger partial charge in [-0.3, -0.25) is 0 Å². The summed E-state index contributed by atoms with van der Waals surface area (Å²) in [6.07, 6.45) is 1.96. The highest BCUT2D eigenvalue weighted by Crippen LogP contribution is 2.28. The largest absolute Gasteiger partial charge is 0.493 e. The van der Waals surface area contributed by atoms with E-state index in [1.54, 1.807) is 7.11 Å². The maximum Gasteiger partial charge on any atom is 0.161 e. The van der Waals surface area contributed by atoms with Gasteiger partial charge in [-0.15, -0.1) is 0 Å². The molecule has 0 atom stereocenters. The summed E-state index contributed by atoms with van der Waals surface area (Å²) in [5.74, 6) is 1.32. The first-order valence-electron chi connectivity index (χ1n) is 7.98. The van der Waals surface area contributed by atoms with Gasteiger partial charge in [0.2, 0.25) is 0 Å². The lowest BCUT2D eigenvalue weighted by Crippen LogP contribution is -2.13. The van der Waals surface area contributed by atoms with Gasteiger partial charge in [0.25, 0.3) is 0 Å². The molecule has 0 bridgehead atoms. The lowest BCUT2D eigenvalue weighted by atomic mass is 10.1. The molecule has 0 radical (unpaired) electrons. The van der Waals surface area contributed by atoms with E-state index in [1.807, 2.05) is 24.4 Å². The lowest BCUT2D eigenvalue weighted by Gasteiger charge is -2.12. The maximum atomic E-state index is 8.85. The molecule has 0 saturated heterocycles. The number of nitrogens with one attached hydrogen (secondary N) is 2. The van der Waals surface area contributed by atoms with Crippen molar-refractivity contribution in [1.82, 2.24) is 10.3 Å². The summed E-state index contributed by atoms with van der Waals surface area (Å²) in [4.78, 5) is 3.23. The molecule has 5 nitrogen and oxygen atoms in total. The third-order valence-corrected chi connectivity index (χ3v) is 3.91. The smallest absolute Gasteiger partial charge is 0.161 e. The molecular formula is C19H22N2O3. The van der Waals surface area contributed by atoms with E-state index in [0.29, 0.717) is 11.5 Å². The predicted molar refractivity (Wildman–Crippen MR) is 94.4 cm³/mol. The van der Waals surface area contributed by atoms with Gasteiger partial charge in [-0.2, -0.15) is 0 Å². The van der Waals surface area contributed by atoms with Gasteiger partial charge in [-0.25, -0.2) is 0 Å². The molecule has 0 fully saturated rings. The zero-order valence-electron chi connectivity index (χ0n) is 13.7. The van der Waals surface area contributed by atoms with Crippen LogP contribution in [0.3, 0.4) is 0 Å². The standard InChI is InChI=1S/C19H22N2O3/c1-23-19-11-14(5-6-18(19)24-10-9-22)12-20-13-15-3-2-4-17-16(15)7-8-21-17/h2-8,11,20-22H,9-10,12-13H2,1H3. The van der Waals surface area contributed by atoms with Crippen molar-refractivity contribution in [2.24, 2.45) is 0 Å². The van der Waals surface area contributed by atoms with E-state index < -0.39 is 0 Å². The number of hydrogen-bond donors (Lipinski definition) is 3. The van der Waals surface area contributed by atoms with Crippen molar-refractivity contribution >= 4 is 10.9 Å². The first-order valence-corrected chi connectivity index (χ1v) is 7.98. The van der Waals surface area contributed by atoms with Crippen LogP contribution in [0.15, 0.2) is 48.7 Å². The summed E-state index contributed by atoms with van der Waals surface area (Å²) < 4.78 is 10.8. The molecular weight excluding hydrogens is 304 g/mol. The lowest BCUT2D eigenvalue weighted by molar-refractivity contribution is 0.196. The number of aliphatic hydroxyl groups is 1. The number of methoxy groups -OCH3 is 1. The normalized spacial score (nSPS) is 10.9. The highest BCUT2D eigenvalue weighted by Gasteiger charge is 2.06. The van der Waals surface area contributed by atoms with Gasteiger partial charge in [-0.05, 0) is 35.4 Å². The minimum Gasteiger partial charge on any atom is -0.493 e. The molecule has 3 aromatic rings. The fourth-order valence-electron chi connectivity index (χ4n) is 2.74. The van der Waals surface area contributed by atoms with Crippen LogP contribution in [-0.2, 0) is 13.1 Å². The summed E-state index contributed by atoms with van der Waals surface area (Å²) in [7, 11) is 1.62. The van der Waals surface area contributed by atoms with Crippen LogP contribution in [0, 0.1) is 0 Å². The number of rotatable bonds is 8. The zero-order valence-corrected chi connectivity index (χ0v) is 13.7. The summed E-state index contributed by atoms with van der Waals surface area (Å²) in [6, 6.07) is 14.2. The Morgan fingerprint density at radius 2 is 2.00 bits per heavy atom. The Hall–Kier alpha value is -2.50. The van der Waals surface area contributed by atoms with E-state index in [0.717, 1.165) is 24.2 Å². The first kappa shape index (κ1) is 16.4. The van der Waals surface area contributed by atoms with Crippen LogP contribution in [0.2, 0.25) is 0 Å². The zero-order chi connectivity index (χ0) is 16.8. The van der Waals surface area contributed by atoms with E-state index in [-0.39, 0.29) is 13.2 Å². The number of ether oxygens (including phenoxy) is 2. The van der Waals surface area contributed by atoms with Gasteiger partial charge in [0.15, 0.2) is 11.5 Å². The molecule has 3 N–H and O–H groups in total. The van der Waals surface area contributed by atoms with Gasteiger partial charge in [0, 0.05) is 30.2 Å². The van der Waals surface area contributed by atoms with Crippen molar-refractivity contribution in [2.45, 2.75) is 13.1 Å². The highest BCUT2D eigenvalue weighted by atomic mass is 16.5. The van der Waals surface area contributed by atoms with Crippen LogP contribution in [0.25, 0.3) is 10.9 Å². The Labute approximate surface area is 141 Å². The van der Waals surface area contributed by atoms with E-state index in [1.165, 1.54) is 10.9 Å². The van der Waals surface area contributed by atoms with Gasteiger partial charge < -0.3 is 24.9 Å². The first-order chi connectivity index (χ1) is 11.8. The van der Waals surface area contributed by atoms with Crippen LogP contribution in [0.1, 0.15) is 11.1 Å². The van der Waals surface area contributed by atoms with E-state index >= 15 is 0 Å². The highest BCUT2D eigenvalue weighted by molar-refractivity contribution is 5.82. The maximum absolute atomic E-state index is 8.85. The van der Waals surface area contributed by atoms with Gasteiger partial charge in [0.05, 0.1) is 13.7 Å². The van der Waals surface area contributed by atoms with Crippen LogP contribution in [0.4, 0.5) is 0 Å². The Kier molecular flexibility index (Phi) is 5.36. The summed E-state index contributed by atoms with van der Waals surface area (Å²) in [5, 5.41) is 13.6. The van der Waals surface area contributed by atoms with Crippen LogP contribution >= 0.6 is 0 Å². The van der Waals surface area contributed by atoms with Crippen molar-refractivity contribution in [3.05, 3.63) is 59.8 Å². The summed E-state index contributed by atoms with van der Waals surface area (Å²) in [5.41, 5.74) is 3.54. The number of aromatic nitrogens is 1. The SMILES string of the molecule is COc1cc(CNCc2cccc3[nH]ccc23)ccc1OCCO. The second-order valence-electron chi connectivity index (χ2n) is 5.52. The topological polar surface area (TPSA) is 66.5 Å². The molecule has 0 aliphatic rings. The third-order valence-electron chi connectivity index (χ3n) is 3.91. The molecule has 3 rings (SSSR count). The molecule has 0 aliphatic carbocycles. The minimum absolute atomic E-state index is 0.0167. The van der Waals surface area contributed by atoms with Crippen molar-refractivity contribution < 1.29 is 14.6 Å². The second kappa shape index (κ2) is 7.86. The fraction of sp³-hybridized carbons (Fsp3) is 0.263. The van der Waals surface area contributed by atoms with Gasteiger partial charge >= 0.3 is 0 Å².